The predicted molar refractivity (Wildman–Crippen MR) is 41.3 cm³/mol. The zero-order valence-electron chi connectivity index (χ0n) is 5.07. The van der Waals surface area contributed by atoms with Gasteiger partial charge in [-0.05, 0) is 0 Å². The van der Waals surface area contributed by atoms with Crippen LogP contribution < -0.4 is 0 Å². The second-order valence-electron chi connectivity index (χ2n) is 1.35. The number of carbonyl (C=O) groups is 1. The smallest absolute Gasteiger partial charge is 0.479 e. The van der Waals surface area contributed by atoms with E-state index in [9.17, 15) is 4.79 Å². The molecule has 10 heavy (non-hydrogen) atoms. The van der Waals surface area contributed by atoms with Crippen molar-refractivity contribution >= 4 is 45.5 Å². The van der Waals surface area contributed by atoms with Gasteiger partial charge in [-0.1, -0.05) is 33.2 Å². The van der Waals surface area contributed by atoms with Gasteiger partial charge < -0.3 is 9.16 Å². The molecule has 0 heterocycles. The second-order valence-corrected chi connectivity index (χ2v) is 8.98. The molecule has 0 aliphatic rings. The van der Waals surface area contributed by atoms with E-state index in [-0.39, 0.29) is 6.61 Å². The van der Waals surface area contributed by atoms with E-state index in [1.807, 2.05) is 0 Å². The molecule has 0 aromatic carbocycles. The van der Waals surface area contributed by atoms with E-state index < -0.39 is 12.2 Å². The van der Waals surface area contributed by atoms with Crippen molar-refractivity contribution in [1.82, 2.24) is 0 Å². The Hall–Kier alpha value is 0.517. The van der Waals surface area contributed by atoms with Crippen LogP contribution in [0.25, 0.3) is 0 Å². The molecular formula is C3H5Cl3O3Si. The van der Waals surface area contributed by atoms with Crippen LogP contribution >= 0.6 is 33.2 Å². The summed E-state index contributed by atoms with van der Waals surface area (Å²) in [5, 5.41) is 0. The molecule has 0 aromatic heterocycles. The van der Waals surface area contributed by atoms with Crippen LogP contribution in [-0.4, -0.2) is 25.9 Å². The van der Waals surface area contributed by atoms with Crippen molar-refractivity contribution in [3.05, 3.63) is 0 Å². The van der Waals surface area contributed by atoms with Crippen molar-refractivity contribution in [2.24, 2.45) is 0 Å². The maximum Gasteiger partial charge on any atom is 0.557 e. The third-order valence-electron chi connectivity index (χ3n) is 0.492. The molecule has 0 atom stereocenters. The van der Waals surface area contributed by atoms with E-state index in [1.54, 1.807) is 0 Å². The highest BCUT2D eigenvalue weighted by molar-refractivity contribution is 7.62. The Kier molecular flexibility index (Phi) is 4.63. The summed E-state index contributed by atoms with van der Waals surface area (Å²) >= 11 is 15.7. The molecule has 0 radical (unpaired) electrons. The number of hydrogen-bond acceptors (Lipinski definition) is 3. The van der Waals surface area contributed by atoms with Crippen molar-refractivity contribution in [2.45, 2.75) is 0 Å². The number of carbonyl (C=O) groups excluding carboxylic acids is 1. The predicted octanol–water partition coefficient (Wildman–Crippen LogP) is 1.33. The van der Waals surface area contributed by atoms with E-state index in [2.05, 4.69) is 9.16 Å². The second kappa shape index (κ2) is 4.41. The lowest BCUT2D eigenvalue weighted by Crippen LogP contribution is -2.24. The third-order valence-corrected chi connectivity index (χ3v) is 1.65. The molecule has 7 heteroatoms. The lowest BCUT2D eigenvalue weighted by molar-refractivity contribution is -0.138. The zero-order chi connectivity index (χ0) is 8.20. The summed E-state index contributed by atoms with van der Waals surface area (Å²) in [7, 11) is 1.35. The van der Waals surface area contributed by atoms with E-state index >= 15 is 0 Å². The van der Waals surface area contributed by atoms with Crippen molar-refractivity contribution in [3.63, 3.8) is 0 Å². The van der Waals surface area contributed by atoms with Gasteiger partial charge in [-0.15, -0.1) is 0 Å². The summed E-state index contributed by atoms with van der Waals surface area (Å²) < 4.78 is 8.77. The highest BCUT2D eigenvalue weighted by atomic mass is 35.8. The molecule has 0 spiro atoms. The molecular weight excluding hydrogens is 218 g/mol. The normalized spacial score (nSPS) is 11.2. The number of halogens is 3. The maximum atomic E-state index is 10.5. The topological polar surface area (TPSA) is 35.5 Å². The van der Waals surface area contributed by atoms with Gasteiger partial charge in [0.1, 0.15) is 6.61 Å². The van der Waals surface area contributed by atoms with Gasteiger partial charge in [0.2, 0.25) is 0 Å². The van der Waals surface area contributed by atoms with Crippen LogP contribution in [0, 0.1) is 0 Å². The van der Waals surface area contributed by atoms with Crippen molar-refractivity contribution in [1.29, 1.82) is 0 Å². The first kappa shape index (κ1) is 10.5. The van der Waals surface area contributed by atoms with E-state index in [0.29, 0.717) is 0 Å². The summed E-state index contributed by atoms with van der Waals surface area (Å²) in [6.45, 7) is -0.194. The molecule has 3 nitrogen and oxygen atoms in total. The SMILES string of the molecule is COCC(=O)O[Si](Cl)(Cl)Cl. The van der Waals surface area contributed by atoms with Crippen LogP contribution in [0.5, 0.6) is 0 Å². The number of methoxy groups -OCH3 is 1. The minimum Gasteiger partial charge on any atom is -0.479 e. The first-order valence-electron chi connectivity index (χ1n) is 2.23. The Balaban J connectivity index is 3.58. The van der Waals surface area contributed by atoms with Crippen LogP contribution in [0.3, 0.4) is 0 Å². The molecule has 0 rings (SSSR count). The standard InChI is InChI=1S/C3H5Cl3O3Si/c1-8-2-3(7)9-10(4,5)6/h2H2,1H3. The molecule has 0 aliphatic heterocycles. The molecule has 0 amide bonds. The molecule has 0 bridgehead atoms. The quantitative estimate of drug-likeness (QED) is 0.535. The fourth-order valence-electron chi connectivity index (χ4n) is 0.276. The molecule has 0 saturated carbocycles. The van der Waals surface area contributed by atoms with E-state index in [1.165, 1.54) is 7.11 Å². The molecule has 60 valence electrons. The number of rotatable bonds is 3. The van der Waals surface area contributed by atoms with Crippen molar-refractivity contribution < 1.29 is 14.0 Å². The highest BCUT2D eigenvalue weighted by Crippen LogP contribution is 2.20. The van der Waals surface area contributed by atoms with Crippen LogP contribution in [0.4, 0.5) is 0 Å². The average molecular weight is 224 g/mol. The minimum absolute atomic E-state index is 0.194. The Labute approximate surface area is 73.4 Å². The van der Waals surface area contributed by atoms with Gasteiger partial charge in [-0.25, -0.2) is 0 Å². The fourth-order valence-corrected chi connectivity index (χ4v) is 1.37. The lowest BCUT2D eigenvalue weighted by Gasteiger charge is -2.07. The molecule has 0 aromatic rings. The Morgan fingerprint density at radius 1 is 1.50 bits per heavy atom. The lowest BCUT2D eigenvalue weighted by atomic mass is 10.8. The average Bonchev–Trinajstić information content (AvgIpc) is 1.59. The van der Waals surface area contributed by atoms with Crippen molar-refractivity contribution in [3.8, 4) is 0 Å². The van der Waals surface area contributed by atoms with Gasteiger partial charge >= 0.3 is 12.2 Å². The molecule has 0 unspecified atom stereocenters. The monoisotopic (exact) mass is 222 g/mol. The van der Waals surface area contributed by atoms with Gasteiger partial charge in [0.15, 0.2) is 0 Å². The van der Waals surface area contributed by atoms with Gasteiger partial charge in [0, 0.05) is 7.11 Å². The Morgan fingerprint density at radius 2 is 2.00 bits per heavy atom. The summed E-state index contributed by atoms with van der Waals surface area (Å²) in [4.78, 5) is 10.5. The fraction of sp³-hybridized carbons (Fsp3) is 0.667. The minimum atomic E-state index is -3.27. The Morgan fingerprint density at radius 3 is 2.30 bits per heavy atom. The maximum absolute atomic E-state index is 10.5. The highest BCUT2D eigenvalue weighted by Gasteiger charge is 2.32. The first-order valence-corrected chi connectivity index (χ1v) is 7.17. The van der Waals surface area contributed by atoms with Crippen molar-refractivity contribution in [2.75, 3.05) is 13.7 Å². The summed E-state index contributed by atoms with van der Waals surface area (Å²) in [5.74, 6) is -0.658. The van der Waals surface area contributed by atoms with Crippen LogP contribution in [-0.2, 0) is 14.0 Å². The van der Waals surface area contributed by atoms with Gasteiger partial charge in [-0.3, -0.25) is 4.79 Å². The first-order chi connectivity index (χ1) is 4.45. The van der Waals surface area contributed by atoms with Crippen LogP contribution in [0.15, 0.2) is 0 Å². The van der Waals surface area contributed by atoms with Gasteiger partial charge in [-0.2, -0.15) is 0 Å². The van der Waals surface area contributed by atoms with Gasteiger partial charge in [0.05, 0.1) is 0 Å². The van der Waals surface area contributed by atoms with Crippen LogP contribution in [0.2, 0.25) is 0 Å². The largest absolute Gasteiger partial charge is 0.557 e. The summed E-state index contributed by atoms with van der Waals surface area (Å²) in [6.07, 6.45) is -3.27. The number of hydrogen-bond donors (Lipinski definition) is 0. The van der Waals surface area contributed by atoms with E-state index in [4.69, 9.17) is 33.2 Å². The zero-order valence-corrected chi connectivity index (χ0v) is 8.33. The molecule has 0 fully saturated rings. The molecule has 0 aliphatic carbocycles. The summed E-state index contributed by atoms with van der Waals surface area (Å²) in [6, 6.07) is 0. The number of ether oxygens (including phenoxy) is 1. The molecule has 0 saturated heterocycles. The summed E-state index contributed by atoms with van der Waals surface area (Å²) in [5.41, 5.74) is 0. The van der Waals surface area contributed by atoms with E-state index in [0.717, 1.165) is 0 Å². The Bertz CT molecular complexity index is 123. The van der Waals surface area contributed by atoms with Crippen LogP contribution in [0.1, 0.15) is 0 Å². The third kappa shape index (κ3) is 6.63. The van der Waals surface area contributed by atoms with Gasteiger partial charge in [0.25, 0.3) is 0 Å². The molecule has 0 N–H and O–H groups in total.